The van der Waals surface area contributed by atoms with E-state index in [1.54, 1.807) is 11.3 Å². The standard InChI is InChI=1S/C11H20N2S/c1-9(2)11(3,8-12-4)7-10-13-5-6-14-10/h5-6,9,12H,7-8H2,1-4H3. The molecule has 0 aliphatic heterocycles. The van der Waals surface area contributed by atoms with Gasteiger partial charge >= 0.3 is 0 Å². The van der Waals surface area contributed by atoms with Crippen LogP contribution in [0.5, 0.6) is 0 Å². The summed E-state index contributed by atoms with van der Waals surface area (Å²) in [4.78, 5) is 4.36. The van der Waals surface area contributed by atoms with Crippen LogP contribution in [0.2, 0.25) is 0 Å². The molecule has 1 aromatic rings. The summed E-state index contributed by atoms with van der Waals surface area (Å²) >= 11 is 1.75. The highest BCUT2D eigenvalue weighted by Crippen LogP contribution is 2.31. The van der Waals surface area contributed by atoms with Gasteiger partial charge in [0, 0.05) is 24.5 Å². The van der Waals surface area contributed by atoms with E-state index in [9.17, 15) is 0 Å². The zero-order valence-electron chi connectivity index (χ0n) is 9.50. The second-order valence-corrected chi connectivity index (χ2v) is 5.42. The predicted octanol–water partition coefficient (Wildman–Crippen LogP) is 2.57. The van der Waals surface area contributed by atoms with Crippen molar-refractivity contribution in [2.24, 2.45) is 11.3 Å². The van der Waals surface area contributed by atoms with Gasteiger partial charge in [0.2, 0.25) is 0 Å². The van der Waals surface area contributed by atoms with E-state index in [0.29, 0.717) is 11.3 Å². The summed E-state index contributed by atoms with van der Waals surface area (Å²) < 4.78 is 0. The van der Waals surface area contributed by atoms with Crippen LogP contribution in [-0.4, -0.2) is 18.6 Å². The summed E-state index contributed by atoms with van der Waals surface area (Å²) in [5.74, 6) is 0.666. The Balaban J connectivity index is 2.69. The first-order valence-electron chi connectivity index (χ1n) is 5.11. The number of aromatic nitrogens is 1. The average Bonchev–Trinajstić information content (AvgIpc) is 2.56. The lowest BCUT2D eigenvalue weighted by molar-refractivity contribution is 0.212. The first-order valence-corrected chi connectivity index (χ1v) is 5.99. The molecule has 1 N–H and O–H groups in total. The lowest BCUT2D eigenvalue weighted by Gasteiger charge is -2.33. The third kappa shape index (κ3) is 2.79. The first kappa shape index (κ1) is 11.7. The van der Waals surface area contributed by atoms with Gasteiger partial charge in [0.1, 0.15) is 0 Å². The number of nitrogens with zero attached hydrogens (tertiary/aromatic N) is 1. The molecular weight excluding hydrogens is 192 g/mol. The number of nitrogens with one attached hydrogen (secondary N) is 1. The third-order valence-corrected chi connectivity index (χ3v) is 3.79. The Morgan fingerprint density at radius 3 is 2.71 bits per heavy atom. The molecule has 3 heteroatoms. The molecule has 0 spiro atoms. The molecule has 0 saturated heterocycles. The van der Waals surface area contributed by atoms with Gasteiger partial charge in [0.25, 0.3) is 0 Å². The van der Waals surface area contributed by atoms with E-state index in [1.807, 2.05) is 13.2 Å². The maximum Gasteiger partial charge on any atom is 0.0930 e. The van der Waals surface area contributed by atoms with Crippen molar-refractivity contribution in [3.8, 4) is 0 Å². The Kier molecular flexibility index (Phi) is 4.08. The SMILES string of the molecule is CNCC(C)(Cc1nccs1)C(C)C. The van der Waals surface area contributed by atoms with Crippen molar-refractivity contribution in [2.45, 2.75) is 27.2 Å². The summed E-state index contributed by atoms with van der Waals surface area (Å²) in [7, 11) is 2.02. The van der Waals surface area contributed by atoms with Crippen molar-refractivity contribution in [3.63, 3.8) is 0 Å². The van der Waals surface area contributed by atoms with Crippen LogP contribution in [0.1, 0.15) is 25.8 Å². The fourth-order valence-corrected chi connectivity index (χ4v) is 2.37. The third-order valence-electron chi connectivity index (χ3n) is 3.01. The van der Waals surface area contributed by atoms with E-state index < -0.39 is 0 Å². The Labute approximate surface area is 90.8 Å². The van der Waals surface area contributed by atoms with Crippen LogP contribution in [0.25, 0.3) is 0 Å². The Morgan fingerprint density at radius 2 is 2.29 bits per heavy atom. The van der Waals surface area contributed by atoms with Gasteiger partial charge in [-0.3, -0.25) is 0 Å². The van der Waals surface area contributed by atoms with E-state index in [0.717, 1.165) is 13.0 Å². The van der Waals surface area contributed by atoms with Gasteiger partial charge in [-0.15, -0.1) is 11.3 Å². The van der Waals surface area contributed by atoms with Crippen molar-refractivity contribution in [1.82, 2.24) is 10.3 Å². The molecule has 14 heavy (non-hydrogen) atoms. The lowest BCUT2D eigenvalue weighted by Crippen LogP contribution is -2.36. The summed E-state index contributed by atoms with van der Waals surface area (Å²) in [5.41, 5.74) is 0.312. The zero-order valence-corrected chi connectivity index (χ0v) is 10.3. The average molecular weight is 212 g/mol. The van der Waals surface area contributed by atoms with Crippen LogP contribution in [0.15, 0.2) is 11.6 Å². The van der Waals surface area contributed by atoms with Gasteiger partial charge in [0.15, 0.2) is 0 Å². The second-order valence-electron chi connectivity index (χ2n) is 4.44. The summed E-state index contributed by atoms with van der Waals surface area (Å²) in [6.07, 6.45) is 2.96. The predicted molar refractivity (Wildman–Crippen MR) is 62.7 cm³/mol. The molecular formula is C11H20N2S. The molecule has 0 fully saturated rings. The minimum Gasteiger partial charge on any atom is -0.319 e. The van der Waals surface area contributed by atoms with Crippen molar-refractivity contribution in [2.75, 3.05) is 13.6 Å². The second kappa shape index (κ2) is 4.89. The van der Waals surface area contributed by atoms with Gasteiger partial charge in [-0.1, -0.05) is 20.8 Å². The molecule has 1 heterocycles. The van der Waals surface area contributed by atoms with Crippen LogP contribution < -0.4 is 5.32 Å². The summed E-state index contributed by atoms with van der Waals surface area (Å²) in [6.45, 7) is 7.94. The Morgan fingerprint density at radius 1 is 1.57 bits per heavy atom. The Bertz CT molecular complexity index is 256. The highest BCUT2D eigenvalue weighted by molar-refractivity contribution is 7.09. The molecule has 0 bridgehead atoms. The normalized spacial score (nSPS) is 15.8. The maximum atomic E-state index is 4.36. The number of thiazole rings is 1. The van der Waals surface area contributed by atoms with Crippen molar-refractivity contribution in [1.29, 1.82) is 0 Å². The number of hydrogen-bond donors (Lipinski definition) is 1. The fraction of sp³-hybridized carbons (Fsp3) is 0.727. The van der Waals surface area contributed by atoms with Gasteiger partial charge in [-0.25, -0.2) is 4.98 Å². The topological polar surface area (TPSA) is 24.9 Å². The minimum atomic E-state index is 0.312. The fourth-order valence-electron chi connectivity index (χ4n) is 1.56. The molecule has 0 aliphatic rings. The van der Waals surface area contributed by atoms with Gasteiger partial charge in [-0.2, -0.15) is 0 Å². The maximum absolute atomic E-state index is 4.36. The van der Waals surface area contributed by atoms with E-state index in [4.69, 9.17) is 0 Å². The monoisotopic (exact) mass is 212 g/mol. The molecule has 1 unspecified atom stereocenters. The van der Waals surface area contributed by atoms with Crippen LogP contribution >= 0.6 is 11.3 Å². The van der Waals surface area contributed by atoms with Gasteiger partial charge in [-0.05, 0) is 18.4 Å². The van der Waals surface area contributed by atoms with E-state index in [-0.39, 0.29) is 0 Å². The molecule has 1 atom stereocenters. The highest BCUT2D eigenvalue weighted by Gasteiger charge is 2.28. The molecule has 2 nitrogen and oxygen atoms in total. The summed E-state index contributed by atoms with van der Waals surface area (Å²) in [6, 6.07) is 0. The van der Waals surface area contributed by atoms with Crippen LogP contribution in [-0.2, 0) is 6.42 Å². The van der Waals surface area contributed by atoms with Crippen molar-refractivity contribution in [3.05, 3.63) is 16.6 Å². The molecule has 1 aromatic heterocycles. The quantitative estimate of drug-likeness (QED) is 0.811. The van der Waals surface area contributed by atoms with E-state index in [1.165, 1.54) is 5.01 Å². The van der Waals surface area contributed by atoms with Crippen molar-refractivity contribution >= 4 is 11.3 Å². The van der Waals surface area contributed by atoms with Gasteiger partial charge in [0.05, 0.1) is 5.01 Å². The molecule has 80 valence electrons. The minimum absolute atomic E-state index is 0.312. The zero-order chi connectivity index (χ0) is 10.6. The molecule has 0 aromatic carbocycles. The number of rotatable bonds is 5. The van der Waals surface area contributed by atoms with Crippen LogP contribution in [0, 0.1) is 11.3 Å². The molecule has 0 saturated carbocycles. The largest absolute Gasteiger partial charge is 0.319 e. The molecule has 0 aliphatic carbocycles. The van der Waals surface area contributed by atoms with E-state index >= 15 is 0 Å². The Hall–Kier alpha value is -0.410. The molecule has 1 rings (SSSR count). The van der Waals surface area contributed by atoms with Gasteiger partial charge < -0.3 is 5.32 Å². The molecule has 0 amide bonds. The first-order chi connectivity index (χ1) is 6.58. The smallest absolute Gasteiger partial charge is 0.0930 e. The van der Waals surface area contributed by atoms with Crippen LogP contribution in [0.3, 0.4) is 0 Å². The number of hydrogen-bond acceptors (Lipinski definition) is 3. The van der Waals surface area contributed by atoms with Crippen LogP contribution in [0.4, 0.5) is 0 Å². The highest BCUT2D eigenvalue weighted by atomic mass is 32.1. The van der Waals surface area contributed by atoms with E-state index in [2.05, 4.69) is 36.5 Å². The lowest BCUT2D eigenvalue weighted by atomic mass is 9.76. The summed E-state index contributed by atoms with van der Waals surface area (Å²) in [5, 5.41) is 6.58. The molecule has 0 radical (unpaired) electrons. The van der Waals surface area contributed by atoms with Crippen molar-refractivity contribution < 1.29 is 0 Å².